The molecule has 3 fully saturated rings. The van der Waals surface area contributed by atoms with Crippen LogP contribution in [0.5, 0.6) is 0 Å². The summed E-state index contributed by atoms with van der Waals surface area (Å²) in [6.45, 7) is 0.432. The fourth-order valence-corrected chi connectivity index (χ4v) is 11.6. The van der Waals surface area contributed by atoms with Crippen molar-refractivity contribution >= 4 is 64.6 Å². The molecular weight excluding hydrogens is 1090 g/mol. The fraction of sp³-hybridized carbons (Fsp3) is 0.492. The first kappa shape index (κ1) is 60.7. The van der Waals surface area contributed by atoms with Gasteiger partial charge in [0.1, 0.15) is 80.7 Å². The summed E-state index contributed by atoms with van der Waals surface area (Å²) in [4.78, 5) is 0. The van der Waals surface area contributed by atoms with Crippen LogP contribution in [0.2, 0.25) is 0 Å². The summed E-state index contributed by atoms with van der Waals surface area (Å²) in [5.41, 5.74) is 2.00. The monoisotopic (exact) mass is 1170 g/mol. The molecule has 0 saturated carbocycles. The molecule has 452 valence electrons. The maximum absolute atomic E-state index is 10.3. The summed E-state index contributed by atoms with van der Waals surface area (Å²) in [5, 5.41) is 93.6. The van der Waals surface area contributed by atoms with Gasteiger partial charge in [0.15, 0.2) is 18.9 Å². The molecule has 8 aromatic carbocycles. The van der Waals surface area contributed by atoms with E-state index in [0.717, 1.165) is 48.8 Å². The van der Waals surface area contributed by atoms with Gasteiger partial charge in [-0.25, -0.2) is 0 Å². The average Bonchev–Trinajstić information content (AvgIpc) is 1.19. The maximum atomic E-state index is 10.3. The minimum Gasteiger partial charge on any atom is -0.394 e. The third-order valence-corrected chi connectivity index (χ3v) is 16.0. The smallest absolute Gasteiger partial charge is 0.186 e. The molecule has 0 amide bonds. The Balaban J connectivity index is 0.754. The van der Waals surface area contributed by atoms with E-state index in [2.05, 4.69) is 109 Å². The van der Waals surface area contributed by atoms with E-state index >= 15 is 0 Å². The minimum absolute atomic E-state index is 0.0205. The van der Waals surface area contributed by atoms with E-state index in [-0.39, 0.29) is 86.3 Å². The number of hydrogen-bond donors (Lipinski definition) is 8. The van der Waals surface area contributed by atoms with Gasteiger partial charge >= 0.3 is 0 Å². The summed E-state index contributed by atoms with van der Waals surface area (Å²) in [6.07, 6.45) is -15.8. The number of aliphatic hydroxyl groups is 8. The van der Waals surface area contributed by atoms with Gasteiger partial charge in [-0.2, -0.15) is 0 Å². The Morgan fingerprint density at radius 2 is 0.786 bits per heavy atom. The van der Waals surface area contributed by atoms with Crippen LogP contribution in [0.25, 0.3) is 64.6 Å². The van der Waals surface area contributed by atoms with Crippen LogP contribution in [0.1, 0.15) is 24.0 Å². The zero-order chi connectivity index (χ0) is 58.1. The minimum atomic E-state index is -1.55. The molecule has 0 bridgehead atoms. The third kappa shape index (κ3) is 13.4. The van der Waals surface area contributed by atoms with Gasteiger partial charge in [0.2, 0.25) is 0 Å². The van der Waals surface area contributed by atoms with Crippen LogP contribution in [0.3, 0.4) is 0 Å². The molecule has 0 aromatic heterocycles. The van der Waals surface area contributed by atoms with Gasteiger partial charge in [-0.3, -0.25) is 0 Å². The van der Waals surface area contributed by atoms with Crippen molar-refractivity contribution in [2.75, 3.05) is 86.3 Å². The topological polar surface area (TPSA) is 282 Å². The van der Waals surface area contributed by atoms with Crippen LogP contribution in [0, 0.1) is 0 Å². The summed E-state index contributed by atoms with van der Waals surface area (Å²) in [5.74, 6) is 0. The van der Waals surface area contributed by atoms with Gasteiger partial charge in [-0.05, 0) is 88.6 Å². The van der Waals surface area contributed by atoms with Crippen molar-refractivity contribution in [1.82, 2.24) is 0 Å². The SMILES string of the molecule is OC[C@H]1O[C@H](OCCOCOCCCO[C@@H]2OC[C@@H](OCc3ccc4ccc5cccc6ccc3c4c56)[C@H](OCCCOCOCCO[C@H]3O[C@H](CO)[C@@H](O)[C@H](O)[C@@H]3O)[C@H]2OCc2ccc3ccc4cccc5ccc2c3c45)[C@@H](O)[C@@H](O)[C@@H]1O. The molecule has 8 aromatic rings. The second-order valence-electron chi connectivity index (χ2n) is 21.4. The van der Waals surface area contributed by atoms with Crippen molar-refractivity contribution in [3.05, 3.63) is 120 Å². The molecule has 21 heteroatoms. The van der Waals surface area contributed by atoms with Crippen molar-refractivity contribution in [3.63, 3.8) is 0 Å². The van der Waals surface area contributed by atoms with E-state index in [1.54, 1.807) is 0 Å². The van der Waals surface area contributed by atoms with Crippen LogP contribution in [0.15, 0.2) is 109 Å². The lowest BCUT2D eigenvalue weighted by Crippen LogP contribution is -2.59. The van der Waals surface area contributed by atoms with E-state index in [9.17, 15) is 40.9 Å². The first-order valence-corrected chi connectivity index (χ1v) is 28.7. The Kier molecular flexibility index (Phi) is 20.7. The maximum Gasteiger partial charge on any atom is 0.186 e. The third-order valence-electron chi connectivity index (χ3n) is 16.0. The quantitative estimate of drug-likeness (QED) is 0.0179. The molecule has 0 spiro atoms. The van der Waals surface area contributed by atoms with Crippen molar-refractivity contribution in [2.45, 2.75) is 112 Å². The van der Waals surface area contributed by atoms with E-state index in [1.165, 1.54) is 26.9 Å². The Hall–Kier alpha value is -5.00. The lowest BCUT2D eigenvalue weighted by atomic mass is 9.92. The van der Waals surface area contributed by atoms with E-state index in [4.69, 9.17) is 61.6 Å². The van der Waals surface area contributed by atoms with Crippen LogP contribution < -0.4 is 0 Å². The second-order valence-corrected chi connectivity index (χ2v) is 21.4. The zero-order valence-electron chi connectivity index (χ0n) is 46.4. The lowest BCUT2D eigenvalue weighted by molar-refractivity contribution is -0.303. The van der Waals surface area contributed by atoms with Crippen molar-refractivity contribution < 1.29 is 102 Å². The number of aliphatic hydroxyl groups excluding tert-OH is 8. The highest BCUT2D eigenvalue weighted by atomic mass is 16.7. The molecule has 3 aliphatic rings. The summed E-state index contributed by atoms with van der Waals surface area (Å²) in [7, 11) is 0. The van der Waals surface area contributed by atoms with Crippen molar-refractivity contribution in [3.8, 4) is 0 Å². The normalized spacial score (nSPS) is 27.9. The highest BCUT2D eigenvalue weighted by molar-refractivity contribution is 6.24. The number of hydrogen-bond acceptors (Lipinski definition) is 21. The van der Waals surface area contributed by atoms with Gasteiger partial charge in [-0.1, -0.05) is 109 Å². The van der Waals surface area contributed by atoms with Gasteiger partial charge in [-0.15, -0.1) is 0 Å². The lowest BCUT2D eigenvalue weighted by Gasteiger charge is -2.42. The van der Waals surface area contributed by atoms with Crippen LogP contribution in [-0.4, -0.2) is 213 Å². The Morgan fingerprint density at radius 3 is 1.27 bits per heavy atom. The number of rotatable bonds is 30. The Morgan fingerprint density at radius 1 is 0.369 bits per heavy atom. The standard InChI is InChI=1S/C63H74O21/c64-29-46-53(66)55(68)57(70)61(83-46)78-27-25-74-34-72-21-3-23-76-59-48(80-31-42-15-13-40-11-9-36-5-1-7-38-17-19-44(42)51(40)49(36)38)33-82-63(77-24-4-22-73-35-75-26-28-79-62-58(71)56(69)54(67)47(30-65)84-62)60(59)81-32-43-16-14-41-12-10-37-6-2-8-39-18-20-45(43)52(41)50(37)39/h1-2,5-20,46-48,53-71H,3-4,21-35H2/t46-,47-,48-,53-,54-,55+,56+,57+,58+,59+,60-,61+,62+,63-/m1/s1. The van der Waals surface area contributed by atoms with Crippen LogP contribution >= 0.6 is 0 Å². The second kappa shape index (κ2) is 28.7. The van der Waals surface area contributed by atoms with Gasteiger partial charge < -0.3 is 102 Å². The molecule has 0 aliphatic carbocycles. The summed E-state index contributed by atoms with van der Waals surface area (Å²) >= 11 is 0. The molecule has 3 aliphatic heterocycles. The van der Waals surface area contributed by atoms with E-state index in [0.29, 0.717) is 12.8 Å². The molecule has 8 N–H and O–H groups in total. The van der Waals surface area contributed by atoms with E-state index in [1.807, 2.05) is 0 Å². The van der Waals surface area contributed by atoms with Crippen molar-refractivity contribution in [1.29, 1.82) is 0 Å². The van der Waals surface area contributed by atoms with E-state index < -0.39 is 99.2 Å². The van der Waals surface area contributed by atoms with Gasteiger partial charge in [0, 0.05) is 6.61 Å². The van der Waals surface area contributed by atoms with Crippen molar-refractivity contribution in [2.24, 2.45) is 0 Å². The molecule has 0 unspecified atom stereocenters. The summed E-state index contributed by atoms with van der Waals surface area (Å²) in [6, 6.07) is 38.4. The van der Waals surface area contributed by atoms with Crippen LogP contribution in [-0.2, 0) is 74.8 Å². The molecule has 11 rings (SSSR count). The average molecular weight is 1170 g/mol. The first-order valence-electron chi connectivity index (χ1n) is 28.7. The molecule has 84 heavy (non-hydrogen) atoms. The predicted octanol–water partition coefficient (Wildman–Crippen LogP) is 4.10. The molecular formula is C63H74O21. The molecule has 3 saturated heterocycles. The number of ether oxygens (including phenoxy) is 13. The molecule has 21 nitrogen and oxygen atoms in total. The molecule has 14 atom stereocenters. The fourth-order valence-electron chi connectivity index (χ4n) is 11.6. The summed E-state index contributed by atoms with van der Waals surface area (Å²) < 4.78 is 78.4. The Bertz CT molecular complexity index is 3290. The van der Waals surface area contributed by atoms with Crippen LogP contribution in [0.4, 0.5) is 0 Å². The van der Waals surface area contributed by atoms with Gasteiger partial charge in [0.05, 0.1) is 79.3 Å². The predicted molar refractivity (Wildman–Crippen MR) is 305 cm³/mol. The largest absolute Gasteiger partial charge is 0.394 e. The molecule has 3 heterocycles. The zero-order valence-corrected chi connectivity index (χ0v) is 46.4. The van der Waals surface area contributed by atoms with Gasteiger partial charge in [0.25, 0.3) is 0 Å². The highest BCUT2D eigenvalue weighted by Gasteiger charge is 2.46. The molecule has 0 radical (unpaired) electrons. The Labute approximate surface area is 484 Å². The number of benzene rings is 8. The highest BCUT2D eigenvalue weighted by Crippen LogP contribution is 2.39. The first-order chi connectivity index (χ1) is 41.1.